The van der Waals surface area contributed by atoms with E-state index in [2.05, 4.69) is 26.3 Å². The van der Waals surface area contributed by atoms with Crippen LogP contribution in [0.4, 0.5) is 0 Å². The van der Waals surface area contributed by atoms with Crippen LogP contribution in [0.5, 0.6) is 5.75 Å². The van der Waals surface area contributed by atoms with Crippen LogP contribution >= 0.6 is 11.3 Å². The molecular weight excluding hydrogens is 376 g/mol. The SMILES string of the molecule is C[C@H](c1[nH]c(=O)c2sc(-c3cn[nH]c3)c3c2c1CCCO3)n1cc(C#N)cn1. The maximum Gasteiger partial charge on any atom is 0.266 e. The van der Waals surface area contributed by atoms with Gasteiger partial charge in [-0.15, -0.1) is 11.3 Å². The van der Waals surface area contributed by atoms with Gasteiger partial charge in [-0.25, -0.2) is 0 Å². The Morgan fingerprint density at radius 1 is 1.43 bits per heavy atom. The van der Waals surface area contributed by atoms with Crippen molar-refractivity contribution in [3.8, 4) is 22.3 Å². The first-order valence-electron chi connectivity index (χ1n) is 8.95. The number of pyridine rings is 1. The summed E-state index contributed by atoms with van der Waals surface area (Å²) in [7, 11) is 0. The molecule has 8 nitrogen and oxygen atoms in total. The van der Waals surface area contributed by atoms with Crippen molar-refractivity contribution in [1.82, 2.24) is 25.0 Å². The molecule has 0 aromatic carbocycles. The second kappa shape index (κ2) is 6.35. The van der Waals surface area contributed by atoms with Gasteiger partial charge in [0.05, 0.1) is 35.5 Å². The van der Waals surface area contributed by atoms with Crippen LogP contribution in [-0.4, -0.2) is 31.6 Å². The number of nitrogens with zero attached hydrogens (tertiary/aromatic N) is 4. The summed E-state index contributed by atoms with van der Waals surface area (Å²) < 4.78 is 8.46. The molecule has 5 heterocycles. The third kappa shape index (κ3) is 2.46. The number of H-pyrrole nitrogens is 2. The van der Waals surface area contributed by atoms with Gasteiger partial charge in [-0.2, -0.15) is 15.5 Å². The predicted octanol–water partition coefficient (Wildman–Crippen LogP) is 2.98. The number of thiophene rings is 1. The van der Waals surface area contributed by atoms with Gasteiger partial charge in [0.25, 0.3) is 5.56 Å². The molecule has 0 unspecified atom stereocenters. The van der Waals surface area contributed by atoms with Crippen molar-refractivity contribution in [3.63, 3.8) is 0 Å². The first-order chi connectivity index (χ1) is 13.7. The fourth-order valence-corrected chi connectivity index (χ4v) is 4.87. The molecule has 4 aromatic heterocycles. The van der Waals surface area contributed by atoms with E-state index in [0.29, 0.717) is 16.9 Å². The Morgan fingerprint density at radius 3 is 3.07 bits per heavy atom. The van der Waals surface area contributed by atoms with Gasteiger partial charge in [-0.05, 0) is 25.3 Å². The highest BCUT2D eigenvalue weighted by Gasteiger charge is 2.27. The number of nitrogens with one attached hydrogen (secondary N) is 2. The number of aromatic nitrogens is 5. The number of rotatable bonds is 3. The third-order valence-corrected chi connectivity index (χ3v) is 6.29. The normalized spacial score (nSPS) is 14.4. The molecule has 4 aromatic rings. The summed E-state index contributed by atoms with van der Waals surface area (Å²) in [6.45, 7) is 2.56. The van der Waals surface area contributed by atoms with Crippen molar-refractivity contribution < 1.29 is 4.74 Å². The number of aromatic amines is 2. The van der Waals surface area contributed by atoms with E-state index in [1.807, 2.05) is 6.92 Å². The van der Waals surface area contributed by atoms with E-state index >= 15 is 0 Å². The van der Waals surface area contributed by atoms with Gasteiger partial charge >= 0.3 is 0 Å². The fraction of sp³-hybridized carbons (Fsp3) is 0.263. The second-order valence-corrected chi connectivity index (χ2v) is 7.77. The molecule has 0 saturated heterocycles. The molecular formula is C19H16N6O2S. The number of nitriles is 1. The lowest BCUT2D eigenvalue weighted by Gasteiger charge is -2.17. The zero-order valence-electron chi connectivity index (χ0n) is 15.0. The molecule has 1 aliphatic rings. The maximum atomic E-state index is 12.9. The number of ether oxygens (including phenoxy) is 1. The molecule has 5 rings (SSSR count). The molecule has 0 spiro atoms. The zero-order chi connectivity index (χ0) is 19.3. The number of hydrogen-bond acceptors (Lipinski definition) is 6. The Balaban J connectivity index is 1.77. The number of aryl methyl sites for hydroxylation is 1. The van der Waals surface area contributed by atoms with Crippen molar-refractivity contribution in [2.24, 2.45) is 0 Å². The smallest absolute Gasteiger partial charge is 0.266 e. The molecule has 2 N–H and O–H groups in total. The summed E-state index contributed by atoms with van der Waals surface area (Å²) in [5, 5.41) is 21.1. The molecule has 0 bridgehead atoms. The third-order valence-electron chi connectivity index (χ3n) is 5.07. The van der Waals surface area contributed by atoms with E-state index in [9.17, 15) is 4.79 Å². The van der Waals surface area contributed by atoms with Gasteiger partial charge in [0.1, 0.15) is 16.5 Å². The molecule has 0 aliphatic carbocycles. The van der Waals surface area contributed by atoms with Crippen molar-refractivity contribution in [2.75, 3.05) is 6.61 Å². The van der Waals surface area contributed by atoms with Gasteiger partial charge < -0.3 is 9.72 Å². The van der Waals surface area contributed by atoms with E-state index in [-0.39, 0.29) is 11.6 Å². The van der Waals surface area contributed by atoms with Crippen LogP contribution in [0.2, 0.25) is 0 Å². The summed E-state index contributed by atoms with van der Waals surface area (Å²) in [6, 6.07) is 1.88. The minimum atomic E-state index is -0.211. The van der Waals surface area contributed by atoms with Crippen LogP contribution in [0.25, 0.3) is 20.5 Å². The molecule has 0 radical (unpaired) electrons. The fourth-order valence-electron chi connectivity index (χ4n) is 3.72. The van der Waals surface area contributed by atoms with Crippen molar-refractivity contribution in [3.05, 3.63) is 52.0 Å². The quantitative estimate of drug-likeness (QED) is 0.557. The average Bonchev–Trinajstić information content (AvgIpc) is 3.42. The molecule has 1 aliphatic heterocycles. The zero-order valence-corrected chi connectivity index (χ0v) is 15.8. The van der Waals surface area contributed by atoms with Gasteiger partial charge in [0, 0.05) is 29.0 Å². The topological polar surface area (TPSA) is 112 Å². The molecule has 140 valence electrons. The van der Waals surface area contributed by atoms with Crippen LogP contribution in [0.1, 0.15) is 36.2 Å². The Bertz CT molecular complexity index is 1270. The standard InChI is InChI=1S/C19H16N6O2S/c1-10(25-9-11(5-20)6-23-25)15-13-3-2-4-27-16-14(13)18(19(26)24-15)28-17(16)12-7-21-22-8-12/h6-10H,2-4H2,1H3,(H,21,22)(H,24,26)/t10-/m1/s1. The van der Waals surface area contributed by atoms with Crippen LogP contribution in [0.15, 0.2) is 29.6 Å². The molecule has 0 fully saturated rings. The minimum absolute atomic E-state index is 0.139. The molecule has 1 atom stereocenters. The summed E-state index contributed by atoms with van der Waals surface area (Å²) in [6.07, 6.45) is 8.42. The van der Waals surface area contributed by atoms with E-state index in [1.165, 1.54) is 17.5 Å². The van der Waals surface area contributed by atoms with Crippen molar-refractivity contribution >= 4 is 21.4 Å². The van der Waals surface area contributed by atoms with Gasteiger partial charge in [-0.3, -0.25) is 14.6 Å². The molecule has 0 saturated carbocycles. The van der Waals surface area contributed by atoms with E-state index in [0.717, 1.165) is 45.7 Å². The lowest BCUT2D eigenvalue weighted by atomic mass is 10.00. The average molecular weight is 392 g/mol. The Morgan fingerprint density at radius 2 is 2.32 bits per heavy atom. The molecule has 0 amide bonds. The Kier molecular flexibility index (Phi) is 3.80. The van der Waals surface area contributed by atoms with Gasteiger partial charge in [0.2, 0.25) is 0 Å². The summed E-state index contributed by atoms with van der Waals surface area (Å²) in [4.78, 5) is 16.9. The van der Waals surface area contributed by atoms with Crippen LogP contribution < -0.4 is 10.3 Å². The maximum absolute atomic E-state index is 12.9. The second-order valence-electron chi connectivity index (χ2n) is 6.75. The van der Waals surface area contributed by atoms with Crippen molar-refractivity contribution in [1.29, 1.82) is 5.26 Å². The first-order valence-corrected chi connectivity index (χ1v) is 9.76. The van der Waals surface area contributed by atoms with Crippen molar-refractivity contribution in [2.45, 2.75) is 25.8 Å². The summed E-state index contributed by atoms with van der Waals surface area (Å²) in [5.74, 6) is 0.756. The van der Waals surface area contributed by atoms with Crippen LogP contribution in [0, 0.1) is 11.3 Å². The monoisotopic (exact) mass is 392 g/mol. The Labute approximate surface area is 163 Å². The Hall–Kier alpha value is -3.38. The lowest BCUT2D eigenvalue weighted by Crippen LogP contribution is -2.18. The van der Waals surface area contributed by atoms with Gasteiger partial charge in [-0.1, -0.05) is 0 Å². The predicted molar refractivity (Wildman–Crippen MR) is 105 cm³/mol. The minimum Gasteiger partial charge on any atom is -0.491 e. The highest BCUT2D eigenvalue weighted by Crippen LogP contribution is 2.46. The summed E-state index contributed by atoms with van der Waals surface area (Å²) in [5.41, 5.74) is 3.15. The van der Waals surface area contributed by atoms with E-state index in [1.54, 1.807) is 23.3 Å². The van der Waals surface area contributed by atoms with Gasteiger partial charge in [0.15, 0.2) is 0 Å². The van der Waals surface area contributed by atoms with Crippen LogP contribution in [0.3, 0.4) is 0 Å². The highest BCUT2D eigenvalue weighted by molar-refractivity contribution is 7.22. The largest absolute Gasteiger partial charge is 0.491 e. The van der Waals surface area contributed by atoms with E-state index in [4.69, 9.17) is 10.00 Å². The highest BCUT2D eigenvalue weighted by atomic mass is 32.1. The lowest BCUT2D eigenvalue weighted by molar-refractivity contribution is 0.321. The van der Waals surface area contributed by atoms with E-state index < -0.39 is 0 Å². The molecule has 9 heteroatoms. The summed E-state index contributed by atoms with van der Waals surface area (Å²) >= 11 is 1.43. The molecule has 28 heavy (non-hydrogen) atoms. The number of hydrogen-bond donors (Lipinski definition) is 2. The first kappa shape index (κ1) is 16.8. The van der Waals surface area contributed by atoms with Crippen LogP contribution in [-0.2, 0) is 6.42 Å².